The zero-order valence-corrected chi connectivity index (χ0v) is 13.6. The molecule has 0 N–H and O–H groups in total. The van der Waals surface area contributed by atoms with Gasteiger partial charge in [0.05, 0.1) is 19.3 Å². The molecule has 0 bridgehead atoms. The first-order valence-electron chi connectivity index (χ1n) is 8.72. The molecule has 1 saturated carbocycles. The predicted molar refractivity (Wildman–Crippen MR) is 87.0 cm³/mol. The Morgan fingerprint density at radius 3 is 2.74 bits per heavy atom. The fourth-order valence-electron chi connectivity index (χ4n) is 3.50. The fourth-order valence-corrected chi connectivity index (χ4v) is 3.50. The second-order valence-electron chi connectivity index (χ2n) is 6.52. The van der Waals surface area contributed by atoms with Crippen molar-refractivity contribution in [3.05, 3.63) is 35.9 Å². The molecule has 1 aliphatic heterocycles. The van der Waals surface area contributed by atoms with Gasteiger partial charge < -0.3 is 19.0 Å². The summed E-state index contributed by atoms with van der Waals surface area (Å²) in [4.78, 5) is 10.8. The van der Waals surface area contributed by atoms with E-state index in [9.17, 15) is 4.79 Å². The minimum atomic E-state index is -0.390. The van der Waals surface area contributed by atoms with E-state index in [1.54, 1.807) is 0 Å². The first-order valence-corrected chi connectivity index (χ1v) is 8.72. The van der Waals surface area contributed by atoms with Gasteiger partial charge in [0.25, 0.3) is 0 Å². The number of benzene rings is 1. The van der Waals surface area contributed by atoms with Gasteiger partial charge in [-0.3, -0.25) is 0 Å². The Morgan fingerprint density at radius 2 is 2.00 bits per heavy atom. The van der Waals surface area contributed by atoms with Crippen molar-refractivity contribution >= 4 is 6.29 Å². The van der Waals surface area contributed by atoms with Crippen LogP contribution in [0.5, 0.6) is 0 Å². The van der Waals surface area contributed by atoms with E-state index in [4.69, 9.17) is 14.2 Å². The zero-order chi connectivity index (χ0) is 16.0. The molecule has 1 aromatic rings. The topological polar surface area (TPSA) is 44.8 Å². The van der Waals surface area contributed by atoms with Gasteiger partial charge in [-0.05, 0) is 24.8 Å². The first kappa shape index (κ1) is 16.6. The number of ether oxygens (including phenoxy) is 3. The van der Waals surface area contributed by atoms with Crippen LogP contribution in [0.3, 0.4) is 0 Å². The Hall–Kier alpha value is -1.23. The van der Waals surface area contributed by atoms with E-state index < -0.39 is 5.79 Å². The van der Waals surface area contributed by atoms with Crippen LogP contribution < -0.4 is 0 Å². The van der Waals surface area contributed by atoms with E-state index in [0.717, 1.165) is 37.5 Å². The molecule has 0 amide bonds. The van der Waals surface area contributed by atoms with Crippen LogP contribution in [0.1, 0.15) is 50.5 Å². The van der Waals surface area contributed by atoms with E-state index in [1.807, 2.05) is 30.3 Å². The molecule has 0 aromatic heterocycles. The molecule has 1 spiro atoms. The summed E-state index contributed by atoms with van der Waals surface area (Å²) >= 11 is 0. The third kappa shape index (κ3) is 4.40. The molecule has 4 heteroatoms. The lowest BCUT2D eigenvalue weighted by Gasteiger charge is -2.32. The Bertz CT molecular complexity index is 481. The van der Waals surface area contributed by atoms with Crippen molar-refractivity contribution in [1.29, 1.82) is 0 Å². The van der Waals surface area contributed by atoms with Crippen LogP contribution >= 0.6 is 0 Å². The molecule has 4 nitrogen and oxygen atoms in total. The van der Waals surface area contributed by atoms with E-state index in [0.29, 0.717) is 26.1 Å². The van der Waals surface area contributed by atoms with Crippen molar-refractivity contribution in [2.75, 3.05) is 6.61 Å². The molecule has 2 aliphatic rings. The third-order valence-corrected chi connectivity index (χ3v) is 4.78. The van der Waals surface area contributed by atoms with E-state index in [1.165, 1.54) is 6.42 Å². The summed E-state index contributed by atoms with van der Waals surface area (Å²) in [5, 5.41) is 0. The molecule has 0 unspecified atom stereocenters. The summed E-state index contributed by atoms with van der Waals surface area (Å²) in [6.45, 7) is 1.11. The lowest BCUT2D eigenvalue weighted by atomic mass is 9.94. The monoisotopic (exact) mass is 318 g/mol. The van der Waals surface area contributed by atoms with Crippen LogP contribution in [0.4, 0.5) is 0 Å². The molecule has 0 radical (unpaired) electrons. The first-order chi connectivity index (χ1) is 11.3. The number of carbonyl (C=O) groups excluding carboxylic acids is 1. The minimum Gasteiger partial charge on any atom is -0.371 e. The van der Waals surface area contributed by atoms with Gasteiger partial charge in [-0.15, -0.1) is 0 Å². The highest BCUT2D eigenvalue weighted by molar-refractivity contribution is 5.49. The maximum Gasteiger partial charge on any atom is 0.169 e. The lowest BCUT2D eigenvalue weighted by molar-refractivity contribution is -0.199. The molecule has 2 fully saturated rings. The highest BCUT2D eigenvalue weighted by Crippen LogP contribution is 2.39. The van der Waals surface area contributed by atoms with Crippen molar-refractivity contribution in [3.8, 4) is 0 Å². The van der Waals surface area contributed by atoms with Crippen LogP contribution in [0, 0.1) is 0 Å². The number of carbonyl (C=O) groups is 1. The summed E-state index contributed by atoms with van der Waals surface area (Å²) in [6, 6.07) is 10.1. The number of hydrogen-bond acceptors (Lipinski definition) is 4. The summed E-state index contributed by atoms with van der Waals surface area (Å²) in [6.07, 6.45) is 7.49. The van der Waals surface area contributed by atoms with E-state index in [-0.39, 0.29) is 12.2 Å². The molecule has 23 heavy (non-hydrogen) atoms. The quantitative estimate of drug-likeness (QED) is 0.720. The molecule has 3 rings (SSSR count). The number of aldehydes is 1. The van der Waals surface area contributed by atoms with Crippen LogP contribution in [0.25, 0.3) is 0 Å². The SMILES string of the molecule is O=CCC[C@H](OCc1ccccc1)[C@H]1COC2(CCCCC2)O1. The van der Waals surface area contributed by atoms with Crippen molar-refractivity contribution in [2.24, 2.45) is 0 Å². The smallest absolute Gasteiger partial charge is 0.169 e. The molecule has 1 saturated heterocycles. The maximum absolute atomic E-state index is 10.8. The maximum atomic E-state index is 10.8. The molecule has 1 aliphatic carbocycles. The molecule has 126 valence electrons. The molecule has 1 aromatic carbocycles. The van der Waals surface area contributed by atoms with Gasteiger partial charge >= 0.3 is 0 Å². The summed E-state index contributed by atoms with van der Waals surface area (Å²) in [5.41, 5.74) is 1.13. The van der Waals surface area contributed by atoms with Gasteiger partial charge in [-0.2, -0.15) is 0 Å². The number of rotatable bonds is 7. The minimum absolute atomic E-state index is 0.0724. The van der Waals surface area contributed by atoms with Crippen molar-refractivity contribution < 1.29 is 19.0 Å². The Labute approximate surface area is 138 Å². The van der Waals surface area contributed by atoms with Crippen molar-refractivity contribution in [2.45, 2.75) is 69.5 Å². The largest absolute Gasteiger partial charge is 0.371 e. The Kier molecular flexibility index (Phi) is 5.81. The predicted octanol–water partition coefficient (Wildman–Crippen LogP) is 3.63. The van der Waals surface area contributed by atoms with Crippen LogP contribution in [0.2, 0.25) is 0 Å². The highest BCUT2D eigenvalue weighted by Gasteiger charge is 2.44. The molecular weight excluding hydrogens is 292 g/mol. The zero-order valence-electron chi connectivity index (χ0n) is 13.6. The second-order valence-corrected chi connectivity index (χ2v) is 6.52. The number of hydrogen-bond donors (Lipinski definition) is 0. The normalized spacial score (nSPS) is 24.6. The molecule has 2 atom stereocenters. The standard InChI is InChI=1S/C19H26O4/c20-13-7-10-17(21-14-16-8-3-1-4-9-16)18-15-22-19(23-18)11-5-2-6-12-19/h1,3-4,8-9,13,17-18H,2,5-7,10-12,14-15H2/t17-,18+/m0/s1. The third-order valence-electron chi connectivity index (χ3n) is 4.78. The van der Waals surface area contributed by atoms with Crippen LogP contribution in [-0.2, 0) is 25.6 Å². The average Bonchev–Trinajstić information content (AvgIpc) is 3.00. The Morgan fingerprint density at radius 1 is 1.22 bits per heavy atom. The van der Waals surface area contributed by atoms with Gasteiger partial charge in [0.2, 0.25) is 0 Å². The van der Waals surface area contributed by atoms with Gasteiger partial charge in [0.15, 0.2) is 5.79 Å². The average molecular weight is 318 g/mol. The summed E-state index contributed by atoms with van der Waals surface area (Å²) in [7, 11) is 0. The van der Waals surface area contributed by atoms with Gasteiger partial charge in [-0.1, -0.05) is 36.8 Å². The van der Waals surface area contributed by atoms with Crippen LogP contribution in [-0.4, -0.2) is 30.9 Å². The van der Waals surface area contributed by atoms with Gasteiger partial charge in [-0.25, -0.2) is 0 Å². The molecular formula is C19H26O4. The van der Waals surface area contributed by atoms with E-state index >= 15 is 0 Å². The summed E-state index contributed by atoms with van der Waals surface area (Å²) in [5.74, 6) is -0.390. The lowest BCUT2D eigenvalue weighted by Crippen LogP contribution is -2.37. The second kappa shape index (κ2) is 8.04. The van der Waals surface area contributed by atoms with Crippen molar-refractivity contribution in [3.63, 3.8) is 0 Å². The highest BCUT2D eigenvalue weighted by atomic mass is 16.8. The van der Waals surface area contributed by atoms with Gasteiger partial charge in [0, 0.05) is 19.3 Å². The summed E-state index contributed by atoms with van der Waals surface area (Å²) < 4.78 is 18.4. The van der Waals surface area contributed by atoms with E-state index in [2.05, 4.69) is 0 Å². The van der Waals surface area contributed by atoms with Crippen molar-refractivity contribution in [1.82, 2.24) is 0 Å². The fraction of sp³-hybridized carbons (Fsp3) is 0.632. The van der Waals surface area contributed by atoms with Gasteiger partial charge in [0.1, 0.15) is 12.4 Å². The van der Waals surface area contributed by atoms with Crippen LogP contribution in [0.15, 0.2) is 30.3 Å². The molecule has 1 heterocycles. The Balaban J connectivity index is 1.58.